The Bertz CT molecular complexity index is 387. The average molecular weight is 250 g/mol. The van der Waals surface area contributed by atoms with Gasteiger partial charge in [0.2, 0.25) is 5.91 Å². The summed E-state index contributed by atoms with van der Waals surface area (Å²) in [5.74, 6) is 0.472. The van der Waals surface area contributed by atoms with Gasteiger partial charge in [0.25, 0.3) is 0 Å². The summed E-state index contributed by atoms with van der Waals surface area (Å²) in [4.78, 5) is 11.6. The summed E-state index contributed by atoms with van der Waals surface area (Å²) < 4.78 is 12.7. The van der Waals surface area contributed by atoms with Crippen molar-refractivity contribution in [1.29, 1.82) is 0 Å². The molecule has 0 radical (unpaired) electrons. The molecule has 0 unspecified atom stereocenters. The van der Waals surface area contributed by atoms with E-state index in [9.17, 15) is 9.18 Å². The third kappa shape index (κ3) is 4.11. The molecule has 2 N–H and O–H groups in total. The van der Waals surface area contributed by atoms with Gasteiger partial charge in [-0.2, -0.15) is 0 Å². The van der Waals surface area contributed by atoms with Crippen molar-refractivity contribution in [3.05, 3.63) is 30.1 Å². The minimum absolute atomic E-state index is 0.0878. The van der Waals surface area contributed by atoms with E-state index < -0.39 is 0 Å². The molecule has 1 aromatic carbocycles. The quantitative estimate of drug-likeness (QED) is 0.762. The SMILES string of the molecule is O=C(CNCCC1CCC1)Nc1ccc(F)cc1. The second-order valence-electron chi connectivity index (χ2n) is 4.82. The molecule has 18 heavy (non-hydrogen) atoms. The maximum absolute atomic E-state index is 12.7. The van der Waals surface area contributed by atoms with Crippen LogP contribution in [0.3, 0.4) is 0 Å². The normalized spacial score (nSPS) is 15.2. The van der Waals surface area contributed by atoms with Gasteiger partial charge in [0.15, 0.2) is 0 Å². The molecule has 0 saturated heterocycles. The number of benzene rings is 1. The molecule has 1 fully saturated rings. The second kappa shape index (κ2) is 6.50. The molecule has 0 aromatic heterocycles. The molecule has 1 amide bonds. The molecule has 3 nitrogen and oxygen atoms in total. The van der Waals surface area contributed by atoms with E-state index in [1.807, 2.05) is 0 Å². The van der Waals surface area contributed by atoms with E-state index in [4.69, 9.17) is 0 Å². The molecular formula is C14H19FN2O. The highest BCUT2D eigenvalue weighted by molar-refractivity contribution is 5.92. The maximum atomic E-state index is 12.7. The van der Waals surface area contributed by atoms with Crippen LogP contribution in [0.1, 0.15) is 25.7 Å². The van der Waals surface area contributed by atoms with E-state index in [0.29, 0.717) is 12.2 Å². The summed E-state index contributed by atoms with van der Waals surface area (Å²) in [5, 5.41) is 5.85. The molecule has 1 aliphatic rings. The number of halogens is 1. The lowest BCUT2D eigenvalue weighted by atomic mass is 9.83. The Morgan fingerprint density at radius 1 is 1.28 bits per heavy atom. The first-order valence-electron chi connectivity index (χ1n) is 6.50. The third-order valence-corrected chi connectivity index (χ3v) is 3.37. The van der Waals surface area contributed by atoms with Crippen LogP contribution in [0, 0.1) is 11.7 Å². The molecule has 0 aliphatic heterocycles. The zero-order valence-corrected chi connectivity index (χ0v) is 10.4. The number of carbonyl (C=O) groups is 1. The highest BCUT2D eigenvalue weighted by atomic mass is 19.1. The Morgan fingerprint density at radius 3 is 2.61 bits per heavy atom. The summed E-state index contributed by atoms with van der Waals surface area (Å²) in [7, 11) is 0. The Labute approximate surface area is 107 Å². The Morgan fingerprint density at radius 2 is 2.00 bits per heavy atom. The molecular weight excluding hydrogens is 231 g/mol. The predicted octanol–water partition coefficient (Wildman–Crippen LogP) is 2.54. The average Bonchev–Trinajstić information content (AvgIpc) is 2.29. The van der Waals surface area contributed by atoms with Crippen LogP contribution in [0.4, 0.5) is 10.1 Å². The molecule has 0 spiro atoms. The van der Waals surface area contributed by atoms with Crippen molar-refractivity contribution in [3.8, 4) is 0 Å². The summed E-state index contributed by atoms with van der Waals surface area (Å²) in [6.45, 7) is 1.20. The van der Waals surface area contributed by atoms with Crippen LogP contribution in [0.25, 0.3) is 0 Å². The molecule has 1 aromatic rings. The first-order valence-corrected chi connectivity index (χ1v) is 6.50. The third-order valence-electron chi connectivity index (χ3n) is 3.37. The van der Waals surface area contributed by atoms with Crippen LogP contribution in [-0.4, -0.2) is 19.0 Å². The summed E-state index contributed by atoms with van der Waals surface area (Å²) in [6.07, 6.45) is 5.19. The van der Waals surface area contributed by atoms with Gasteiger partial charge in [-0.15, -0.1) is 0 Å². The zero-order valence-electron chi connectivity index (χ0n) is 10.4. The van der Waals surface area contributed by atoms with Crippen LogP contribution < -0.4 is 10.6 Å². The van der Waals surface area contributed by atoms with Crippen molar-refractivity contribution in [2.24, 2.45) is 5.92 Å². The van der Waals surface area contributed by atoms with Gasteiger partial charge in [-0.1, -0.05) is 19.3 Å². The molecule has 0 bridgehead atoms. The predicted molar refractivity (Wildman–Crippen MR) is 69.9 cm³/mol. The largest absolute Gasteiger partial charge is 0.325 e. The number of nitrogens with one attached hydrogen (secondary N) is 2. The van der Waals surface area contributed by atoms with E-state index in [0.717, 1.165) is 18.9 Å². The van der Waals surface area contributed by atoms with Crippen LogP contribution in [0.15, 0.2) is 24.3 Å². The number of hydrogen-bond acceptors (Lipinski definition) is 2. The molecule has 1 saturated carbocycles. The monoisotopic (exact) mass is 250 g/mol. The fraction of sp³-hybridized carbons (Fsp3) is 0.500. The molecule has 4 heteroatoms. The second-order valence-corrected chi connectivity index (χ2v) is 4.82. The van der Waals surface area contributed by atoms with Gasteiger partial charge < -0.3 is 10.6 Å². The summed E-state index contributed by atoms with van der Waals surface area (Å²) in [6, 6.07) is 5.78. The van der Waals surface area contributed by atoms with Gasteiger partial charge in [-0.25, -0.2) is 4.39 Å². The van der Waals surface area contributed by atoms with Gasteiger partial charge in [-0.05, 0) is 43.1 Å². The topological polar surface area (TPSA) is 41.1 Å². The molecule has 2 rings (SSSR count). The zero-order chi connectivity index (χ0) is 12.8. The van der Waals surface area contributed by atoms with E-state index in [-0.39, 0.29) is 11.7 Å². The van der Waals surface area contributed by atoms with Gasteiger partial charge in [0, 0.05) is 5.69 Å². The highest BCUT2D eigenvalue weighted by Crippen LogP contribution is 2.28. The molecule has 98 valence electrons. The lowest BCUT2D eigenvalue weighted by molar-refractivity contribution is -0.115. The molecule has 0 heterocycles. The van der Waals surface area contributed by atoms with Crippen LogP contribution in [-0.2, 0) is 4.79 Å². The van der Waals surface area contributed by atoms with Gasteiger partial charge in [-0.3, -0.25) is 4.79 Å². The van der Waals surface area contributed by atoms with Crippen molar-refractivity contribution in [2.45, 2.75) is 25.7 Å². The number of amides is 1. The highest BCUT2D eigenvalue weighted by Gasteiger charge is 2.16. The summed E-state index contributed by atoms with van der Waals surface area (Å²) in [5.41, 5.74) is 0.627. The van der Waals surface area contributed by atoms with Gasteiger partial charge in [0.1, 0.15) is 5.82 Å². The van der Waals surface area contributed by atoms with Crippen molar-refractivity contribution in [2.75, 3.05) is 18.4 Å². The smallest absolute Gasteiger partial charge is 0.238 e. The van der Waals surface area contributed by atoms with Crippen LogP contribution in [0.2, 0.25) is 0 Å². The van der Waals surface area contributed by atoms with E-state index in [1.165, 1.54) is 31.4 Å². The standard InChI is InChI=1S/C14H19FN2O/c15-12-4-6-13(7-5-12)17-14(18)10-16-9-8-11-2-1-3-11/h4-7,11,16H,1-3,8-10H2,(H,17,18). The van der Waals surface area contributed by atoms with Crippen molar-refractivity contribution < 1.29 is 9.18 Å². The fourth-order valence-electron chi connectivity index (χ4n) is 2.03. The lowest BCUT2D eigenvalue weighted by Crippen LogP contribution is -2.30. The Hall–Kier alpha value is -1.42. The minimum Gasteiger partial charge on any atom is -0.325 e. The Balaban J connectivity index is 1.60. The maximum Gasteiger partial charge on any atom is 0.238 e. The number of hydrogen-bond donors (Lipinski definition) is 2. The molecule has 0 atom stereocenters. The van der Waals surface area contributed by atoms with Crippen LogP contribution in [0.5, 0.6) is 0 Å². The van der Waals surface area contributed by atoms with Gasteiger partial charge in [0.05, 0.1) is 6.54 Å². The van der Waals surface area contributed by atoms with Crippen molar-refractivity contribution in [3.63, 3.8) is 0 Å². The molecule has 1 aliphatic carbocycles. The first kappa shape index (κ1) is 13.0. The van der Waals surface area contributed by atoms with E-state index in [1.54, 1.807) is 12.1 Å². The Kier molecular flexibility index (Phi) is 4.70. The van der Waals surface area contributed by atoms with E-state index in [2.05, 4.69) is 10.6 Å². The first-order chi connectivity index (χ1) is 8.74. The van der Waals surface area contributed by atoms with Crippen molar-refractivity contribution >= 4 is 11.6 Å². The number of rotatable bonds is 6. The number of carbonyl (C=O) groups excluding carboxylic acids is 1. The van der Waals surface area contributed by atoms with Crippen LogP contribution >= 0.6 is 0 Å². The summed E-state index contributed by atoms with van der Waals surface area (Å²) >= 11 is 0. The minimum atomic E-state index is -0.299. The lowest BCUT2D eigenvalue weighted by Gasteiger charge is -2.25. The fourth-order valence-corrected chi connectivity index (χ4v) is 2.03. The number of anilines is 1. The van der Waals surface area contributed by atoms with Gasteiger partial charge >= 0.3 is 0 Å². The van der Waals surface area contributed by atoms with Crippen molar-refractivity contribution in [1.82, 2.24) is 5.32 Å². The van der Waals surface area contributed by atoms with E-state index >= 15 is 0 Å².